The number of benzene rings is 4. The number of aryl methyl sites for hydroxylation is 2. The quantitative estimate of drug-likeness (QED) is 0.0651. The number of unbranched alkanes of at least 4 members (excludes halogenated alkanes) is 2. The van der Waals surface area contributed by atoms with Crippen molar-refractivity contribution in [3.63, 3.8) is 0 Å². The summed E-state index contributed by atoms with van der Waals surface area (Å²) in [6.45, 7) is 10.9. The van der Waals surface area contributed by atoms with Crippen LogP contribution in [-0.2, 0) is 38.5 Å². The van der Waals surface area contributed by atoms with Gasteiger partial charge in [-0.1, -0.05) is 12.1 Å². The number of aliphatic hydroxyl groups excluding tert-OH is 1. The van der Waals surface area contributed by atoms with Crippen LogP contribution in [0.15, 0.2) is 107 Å². The van der Waals surface area contributed by atoms with Gasteiger partial charge in [0, 0.05) is 51.9 Å². The molecular weight excluding hydrogens is 795 g/mol. The summed E-state index contributed by atoms with van der Waals surface area (Å²) in [5, 5.41) is 11.9. The first kappa shape index (κ1) is 46.8. The Hall–Kier alpha value is -6.27. The number of rotatable bonds is 14. The maximum absolute atomic E-state index is 13.4. The summed E-state index contributed by atoms with van der Waals surface area (Å²) >= 11 is 0. The molecule has 12 heteroatoms. The molecule has 0 saturated carbocycles. The van der Waals surface area contributed by atoms with Crippen molar-refractivity contribution in [1.29, 1.82) is 0 Å². The summed E-state index contributed by atoms with van der Waals surface area (Å²) in [4.78, 5) is 61.6. The lowest BCUT2D eigenvalue weighted by molar-refractivity contribution is -0.156. The van der Waals surface area contributed by atoms with E-state index in [4.69, 9.17) is 9.47 Å². The van der Waals surface area contributed by atoms with Crippen molar-refractivity contribution in [2.45, 2.75) is 111 Å². The zero-order valence-corrected chi connectivity index (χ0v) is 36.1. The lowest BCUT2D eigenvalue weighted by Gasteiger charge is -2.19. The normalized spacial score (nSPS) is 11.6. The predicted molar refractivity (Wildman–Crippen MR) is 237 cm³/mol. The molecule has 2 aromatic heterocycles. The van der Waals surface area contributed by atoms with Gasteiger partial charge in [-0.25, -0.2) is 8.78 Å². The van der Waals surface area contributed by atoms with Crippen LogP contribution in [0.4, 0.5) is 8.78 Å². The molecule has 4 aromatic carbocycles. The van der Waals surface area contributed by atoms with E-state index in [1.807, 2.05) is 53.7 Å². The van der Waals surface area contributed by atoms with Gasteiger partial charge in [0.25, 0.3) is 11.1 Å². The summed E-state index contributed by atoms with van der Waals surface area (Å²) in [7, 11) is 0. The Morgan fingerprint density at radius 1 is 0.597 bits per heavy atom. The summed E-state index contributed by atoms with van der Waals surface area (Å²) in [5.41, 5.74) is 2.40. The summed E-state index contributed by atoms with van der Waals surface area (Å²) in [6, 6.07) is 25.5. The van der Waals surface area contributed by atoms with Crippen LogP contribution in [0, 0.1) is 11.6 Å². The average molecular weight is 849 g/mol. The number of fused-ring (bicyclic) bond motifs is 2. The number of carbonyl (C=O) groups is 3. The number of esters is 2. The summed E-state index contributed by atoms with van der Waals surface area (Å²) in [5.74, 6) is -1.25. The number of nitrogens with zero attached hydrogens (tertiary/aromatic N) is 2. The predicted octanol–water partition coefficient (Wildman–Crippen LogP) is 9.67. The van der Waals surface area contributed by atoms with Crippen LogP contribution in [-0.4, -0.2) is 43.7 Å². The Kier molecular flexibility index (Phi) is 15.5. The largest absolute Gasteiger partial charge is 0.460 e. The number of aliphatic hydroxyl groups is 1. The first-order chi connectivity index (χ1) is 29.3. The highest BCUT2D eigenvalue weighted by Crippen LogP contribution is 2.22. The fourth-order valence-corrected chi connectivity index (χ4v) is 7.03. The van der Waals surface area contributed by atoms with Crippen molar-refractivity contribution >= 4 is 39.8 Å². The Morgan fingerprint density at radius 2 is 1.02 bits per heavy atom. The molecule has 0 aliphatic carbocycles. The Morgan fingerprint density at radius 3 is 1.42 bits per heavy atom. The molecule has 62 heavy (non-hydrogen) atoms. The number of carbonyl (C=O) groups excluding carboxylic acids is 3. The highest BCUT2D eigenvalue weighted by molar-refractivity contribution is 5.89. The van der Waals surface area contributed by atoms with Gasteiger partial charge in [0.05, 0.1) is 6.61 Å². The molecule has 2 heterocycles. The first-order valence-corrected chi connectivity index (χ1v) is 20.7. The minimum Gasteiger partial charge on any atom is -0.460 e. The number of halogens is 2. The standard InChI is InChI=1S/C25H28FNO4.C25H26FNO4/c2*1-25(2,3)31-23(29)7-5-4-6-21-15-18-14-17(16-28)8-13-22(18)24(30)27(21)20-11-9-19(26)10-12-20/h8-15,28H,4-7,16H2,1-3H3;8-16H,4-7H2,1-3H3. The third-order valence-electron chi connectivity index (χ3n) is 9.73. The smallest absolute Gasteiger partial charge is 0.306 e. The number of aromatic nitrogens is 2. The van der Waals surface area contributed by atoms with E-state index in [9.17, 15) is 37.9 Å². The van der Waals surface area contributed by atoms with E-state index in [0.717, 1.165) is 28.6 Å². The highest BCUT2D eigenvalue weighted by Gasteiger charge is 2.18. The van der Waals surface area contributed by atoms with Gasteiger partial charge in [0.1, 0.15) is 29.1 Å². The van der Waals surface area contributed by atoms with Crippen LogP contribution < -0.4 is 11.1 Å². The van der Waals surface area contributed by atoms with Gasteiger partial charge in [-0.3, -0.25) is 33.1 Å². The van der Waals surface area contributed by atoms with Crippen molar-refractivity contribution in [3.8, 4) is 11.4 Å². The fourth-order valence-electron chi connectivity index (χ4n) is 7.03. The van der Waals surface area contributed by atoms with Crippen LogP contribution in [0.2, 0.25) is 0 Å². The molecular formula is C50H54F2N2O8. The number of hydrogen-bond donors (Lipinski definition) is 1. The van der Waals surface area contributed by atoms with E-state index in [0.29, 0.717) is 84.5 Å². The molecule has 1 N–H and O–H groups in total. The third-order valence-corrected chi connectivity index (χ3v) is 9.73. The van der Waals surface area contributed by atoms with Gasteiger partial charge >= 0.3 is 11.9 Å². The second-order valence-corrected chi connectivity index (χ2v) is 17.1. The van der Waals surface area contributed by atoms with Gasteiger partial charge in [0.15, 0.2) is 0 Å². The number of ether oxygens (including phenoxy) is 2. The van der Waals surface area contributed by atoms with Crippen molar-refractivity contribution < 1.29 is 37.7 Å². The number of hydrogen-bond acceptors (Lipinski definition) is 8. The lowest BCUT2D eigenvalue weighted by Crippen LogP contribution is -2.24. The molecule has 0 radical (unpaired) electrons. The zero-order chi connectivity index (χ0) is 45.2. The summed E-state index contributed by atoms with van der Waals surface area (Å²) < 4.78 is 40.7. The van der Waals surface area contributed by atoms with E-state index in [1.165, 1.54) is 24.3 Å². The van der Waals surface area contributed by atoms with Crippen molar-refractivity contribution in [3.05, 3.63) is 152 Å². The van der Waals surface area contributed by atoms with E-state index < -0.39 is 11.2 Å². The molecule has 0 unspecified atom stereocenters. The van der Waals surface area contributed by atoms with E-state index in [1.54, 1.807) is 69.8 Å². The fraction of sp³-hybridized carbons (Fsp3) is 0.340. The maximum Gasteiger partial charge on any atom is 0.306 e. The minimum absolute atomic E-state index is 0.109. The molecule has 0 amide bonds. The highest BCUT2D eigenvalue weighted by atomic mass is 19.1. The first-order valence-electron chi connectivity index (χ1n) is 20.7. The Bertz CT molecular complexity index is 2650. The van der Waals surface area contributed by atoms with Gasteiger partial charge < -0.3 is 14.6 Å². The van der Waals surface area contributed by atoms with Gasteiger partial charge in [-0.2, -0.15) is 0 Å². The topological polar surface area (TPSA) is 134 Å². The SMILES string of the molecule is CC(C)(C)OC(=O)CCCCc1cc2cc(C=O)ccc2c(=O)n1-c1ccc(F)cc1.CC(C)(C)OC(=O)CCCCc1cc2cc(CO)ccc2c(=O)n1-c1ccc(F)cc1. The molecule has 326 valence electrons. The van der Waals surface area contributed by atoms with Gasteiger partial charge in [-0.05, 0) is 181 Å². The summed E-state index contributed by atoms with van der Waals surface area (Å²) in [6.07, 6.45) is 5.03. The van der Waals surface area contributed by atoms with Crippen LogP contribution in [0.5, 0.6) is 0 Å². The van der Waals surface area contributed by atoms with Crippen molar-refractivity contribution in [2.75, 3.05) is 0 Å². The Balaban J connectivity index is 0.000000234. The molecule has 0 atom stereocenters. The van der Waals surface area contributed by atoms with Crippen molar-refractivity contribution in [1.82, 2.24) is 9.13 Å². The second kappa shape index (κ2) is 20.5. The van der Waals surface area contributed by atoms with E-state index in [-0.39, 0.29) is 41.3 Å². The van der Waals surface area contributed by atoms with Crippen LogP contribution in [0.3, 0.4) is 0 Å². The monoisotopic (exact) mass is 848 g/mol. The van der Waals surface area contributed by atoms with Gasteiger partial charge in [0.2, 0.25) is 0 Å². The third kappa shape index (κ3) is 12.9. The van der Waals surface area contributed by atoms with Crippen LogP contribution in [0.1, 0.15) is 107 Å². The van der Waals surface area contributed by atoms with Crippen molar-refractivity contribution in [2.24, 2.45) is 0 Å². The van der Waals surface area contributed by atoms with E-state index >= 15 is 0 Å². The zero-order valence-electron chi connectivity index (χ0n) is 36.1. The number of aldehydes is 1. The Labute approximate surface area is 359 Å². The second-order valence-electron chi connectivity index (χ2n) is 17.1. The van der Waals surface area contributed by atoms with Crippen LogP contribution >= 0.6 is 0 Å². The van der Waals surface area contributed by atoms with Gasteiger partial charge in [-0.15, -0.1) is 0 Å². The van der Waals surface area contributed by atoms with Crippen LogP contribution in [0.25, 0.3) is 32.9 Å². The number of pyridine rings is 2. The lowest BCUT2D eigenvalue weighted by atomic mass is 10.0. The molecule has 0 fully saturated rings. The molecule has 0 bridgehead atoms. The molecule has 6 aromatic rings. The molecule has 6 rings (SSSR count). The maximum atomic E-state index is 13.4. The molecule has 0 saturated heterocycles. The molecule has 0 aliphatic rings. The molecule has 0 spiro atoms. The molecule has 0 aliphatic heterocycles. The minimum atomic E-state index is -0.519. The average Bonchev–Trinajstić information content (AvgIpc) is 3.21. The molecule has 10 nitrogen and oxygen atoms in total. The van der Waals surface area contributed by atoms with E-state index in [2.05, 4.69) is 0 Å².